The molecule has 0 spiro atoms. The third kappa shape index (κ3) is 2.76. The molecule has 2 aliphatic rings. The lowest BCUT2D eigenvalue weighted by molar-refractivity contribution is 0.134. The molecule has 3 rings (SSSR count). The molecule has 0 atom stereocenters. The first-order chi connectivity index (χ1) is 9.38. The summed E-state index contributed by atoms with van der Waals surface area (Å²) in [5.41, 5.74) is 4.03. The fraction of sp³-hybridized carbons (Fsp3) is 0.600. The Morgan fingerprint density at radius 1 is 1.26 bits per heavy atom. The average Bonchev–Trinajstić information content (AvgIpc) is 2.94. The van der Waals surface area contributed by atoms with Crippen molar-refractivity contribution in [3.63, 3.8) is 0 Å². The zero-order valence-electron chi connectivity index (χ0n) is 11.6. The largest absolute Gasteiger partial charge is 0.496 e. The maximum atomic E-state index is 5.57. The molecule has 1 aromatic carbocycles. The zero-order valence-corrected chi connectivity index (χ0v) is 11.6. The maximum absolute atomic E-state index is 5.57. The van der Waals surface area contributed by atoms with Gasteiger partial charge in [-0.2, -0.15) is 0 Å². The van der Waals surface area contributed by atoms with Crippen LogP contribution in [0.5, 0.6) is 5.75 Å². The van der Waals surface area contributed by atoms with Crippen LogP contribution in [-0.4, -0.2) is 44.7 Å². The van der Waals surface area contributed by atoms with Crippen LogP contribution in [0.3, 0.4) is 0 Å². The van der Waals surface area contributed by atoms with Gasteiger partial charge >= 0.3 is 0 Å². The van der Waals surface area contributed by atoms with Gasteiger partial charge in [-0.05, 0) is 23.6 Å². The second-order valence-corrected chi connectivity index (χ2v) is 5.22. The number of piperazine rings is 1. The van der Waals surface area contributed by atoms with Crippen LogP contribution < -0.4 is 10.1 Å². The number of rotatable bonds is 4. The van der Waals surface area contributed by atoms with Gasteiger partial charge in [0.1, 0.15) is 5.75 Å². The Balaban J connectivity index is 1.73. The number of nitrogens with zero attached hydrogens (tertiary/aromatic N) is 1. The van der Waals surface area contributed by atoms with E-state index in [1.54, 1.807) is 7.11 Å². The molecule has 0 bridgehead atoms. The summed E-state index contributed by atoms with van der Waals surface area (Å²) in [5, 5.41) is 3.39. The molecule has 0 aromatic heterocycles. The molecule has 0 unspecified atom stereocenters. The first kappa shape index (κ1) is 12.9. The standard InChI is InChI=1S/C15H22N2O2/c1-18-15-3-2-12-10-19-11-14(12)13(15)4-7-17-8-5-16-6-9-17/h2-3,16H,4-11H2,1H3. The molecule has 2 aliphatic heterocycles. The minimum Gasteiger partial charge on any atom is -0.496 e. The van der Waals surface area contributed by atoms with Gasteiger partial charge < -0.3 is 19.7 Å². The predicted molar refractivity (Wildman–Crippen MR) is 74.5 cm³/mol. The molecule has 1 N–H and O–H groups in total. The van der Waals surface area contributed by atoms with Gasteiger partial charge in [0.2, 0.25) is 0 Å². The summed E-state index contributed by atoms with van der Waals surface area (Å²) in [6.07, 6.45) is 1.05. The number of benzene rings is 1. The quantitative estimate of drug-likeness (QED) is 0.883. The topological polar surface area (TPSA) is 33.7 Å². The van der Waals surface area contributed by atoms with E-state index in [9.17, 15) is 0 Å². The molecule has 0 saturated carbocycles. The van der Waals surface area contributed by atoms with Gasteiger partial charge in [-0.1, -0.05) is 6.07 Å². The van der Waals surface area contributed by atoms with Crippen molar-refractivity contribution in [1.82, 2.24) is 10.2 Å². The van der Waals surface area contributed by atoms with E-state index in [1.165, 1.54) is 16.7 Å². The van der Waals surface area contributed by atoms with E-state index in [4.69, 9.17) is 9.47 Å². The Morgan fingerprint density at radius 3 is 2.89 bits per heavy atom. The highest BCUT2D eigenvalue weighted by Crippen LogP contribution is 2.31. The van der Waals surface area contributed by atoms with Gasteiger partial charge in [0.15, 0.2) is 0 Å². The Kier molecular flexibility index (Phi) is 4.01. The van der Waals surface area contributed by atoms with Crippen LogP contribution >= 0.6 is 0 Å². The van der Waals surface area contributed by atoms with Gasteiger partial charge in [0.25, 0.3) is 0 Å². The van der Waals surface area contributed by atoms with Gasteiger partial charge in [-0.25, -0.2) is 0 Å². The zero-order chi connectivity index (χ0) is 13.1. The molecule has 0 aliphatic carbocycles. The maximum Gasteiger partial charge on any atom is 0.122 e. The van der Waals surface area contributed by atoms with Crippen LogP contribution in [0.25, 0.3) is 0 Å². The minimum absolute atomic E-state index is 0.740. The molecular weight excluding hydrogens is 240 g/mol. The molecule has 1 aromatic rings. The second-order valence-electron chi connectivity index (χ2n) is 5.22. The molecule has 104 valence electrons. The highest BCUT2D eigenvalue weighted by Gasteiger charge is 2.19. The first-order valence-electron chi connectivity index (χ1n) is 7.07. The van der Waals surface area contributed by atoms with Crippen LogP contribution in [-0.2, 0) is 24.4 Å². The number of ether oxygens (including phenoxy) is 2. The Hall–Kier alpha value is -1.10. The molecule has 1 fully saturated rings. The molecule has 19 heavy (non-hydrogen) atoms. The lowest BCUT2D eigenvalue weighted by atomic mass is 9.99. The molecule has 2 heterocycles. The first-order valence-corrected chi connectivity index (χ1v) is 7.07. The number of methoxy groups -OCH3 is 1. The van der Waals surface area contributed by atoms with E-state index in [-0.39, 0.29) is 0 Å². The highest BCUT2D eigenvalue weighted by molar-refractivity contribution is 5.46. The fourth-order valence-corrected chi connectivity index (χ4v) is 2.97. The summed E-state index contributed by atoms with van der Waals surface area (Å²) in [4.78, 5) is 2.52. The summed E-state index contributed by atoms with van der Waals surface area (Å²) in [6, 6.07) is 4.22. The number of hydrogen-bond donors (Lipinski definition) is 1. The van der Waals surface area contributed by atoms with Crippen molar-refractivity contribution in [2.75, 3.05) is 39.8 Å². The van der Waals surface area contributed by atoms with E-state index in [0.717, 1.165) is 58.1 Å². The van der Waals surface area contributed by atoms with Crippen LogP contribution in [0, 0.1) is 0 Å². The summed E-state index contributed by atoms with van der Waals surface area (Å²) < 4.78 is 11.1. The van der Waals surface area contributed by atoms with Crippen molar-refractivity contribution in [3.05, 3.63) is 28.8 Å². The molecule has 0 radical (unpaired) electrons. The molecule has 0 amide bonds. The fourth-order valence-electron chi connectivity index (χ4n) is 2.97. The number of hydrogen-bond acceptors (Lipinski definition) is 4. The van der Waals surface area contributed by atoms with Crippen molar-refractivity contribution in [3.8, 4) is 5.75 Å². The summed E-state index contributed by atoms with van der Waals surface area (Å²) in [7, 11) is 1.76. The summed E-state index contributed by atoms with van der Waals surface area (Å²) >= 11 is 0. The van der Waals surface area contributed by atoms with E-state index in [1.807, 2.05) is 0 Å². The second kappa shape index (κ2) is 5.90. The summed E-state index contributed by atoms with van der Waals surface area (Å²) in [5.74, 6) is 1.01. The molecule has 4 nitrogen and oxygen atoms in total. The third-order valence-electron chi connectivity index (χ3n) is 4.10. The average molecular weight is 262 g/mol. The van der Waals surface area contributed by atoms with Crippen molar-refractivity contribution in [2.45, 2.75) is 19.6 Å². The van der Waals surface area contributed by atoms with Gasteiger partial charge in [0, 0.05) is 38.3 Å². The molecule has 4 heteroatoms. The van der Waals surface area contributed by atoms with Crippen LogP contribution in [0.2, 0.25) is 0 Å². The smallest absolute Gasteiger partial charge is 0.122 e. The highest BCUT2D eigenvalue weighted by atomic mass is 16.5. The summed E-state index contributed by atoms with van der Waals surface area (Å²) in [6.45, 7) is 7.10. The van der Waals surface area contributed by atoms with Crippen molar-refractivity contribution >= 4 is 0 Å². The van der Waals surface area contributed by atoms with Gasteiger partial charge in [-0.3, -0.25) is 0 Å². The lowest BCUT2D eigenvalue weighted by Gasteiger charge is -2.27. The molecular formula is C15H22N2O2. The molecule has 1 saturated heterocycles. The van der Waals surface area contributed by atoms with E-state index < -0.39 is 0 Å². The Labute approximate surface area is 114 Å². The van der Waals surface area contributed by atoms with E-state index in [0.29, 0.717) is 0 Å². The Bertz CT molecular complexity index is 442. The van der Waals surface area contributed by atoms with Crippen molar-refractivity contribution in [1.29, 1.82) is 0 Å². The van der Waals surface area contributed by atoms with Crippen molar-refractivity contribution in [2.24, 2.45) is 0 Å². The van der Waals surface area contributed by atoms with Gasteiger partial charge in [0.05, 0.1) is 20.3 Å². The number of nitrogens with one attached hydrogen (secondary N) is 1. The lowest BCUT2D eigenvalue weighted by Crippen LogP contribution is -2.44. The monoisotopic (exact) mass is 262 g/mol. The van der Waals surface area contributed by atoms with Crippen LogP contribution in [0.1, 0.15) is 16.7 Å². The third-order valence-corrected chi connectivity index (χ3v) is 4.10. The Morgan fingerprint density at radius 2 is 2.11 bits per heavy atom. The van der Waals surface area contributed by atoms with E-state index in [2.05, 4.69) is 22.3 Å². The van der Waals surface area contributed by atoms with Gasteiger partial charge in [-0.15, -0.1) is 0 Å². The van der Waals surface area contributed by atoms with Crippen LogP contribution in [0.15, 0.2) is 12.1 Å². The van der Waals surface area contributed by atoms with E-state index >= 15 is 0 Å². The van der Waals surface area contributed by atoms with Crippen molar-refractivity contribution < 1.29 is 9.47 Å². The number of fused-ring (bicyclic) bond motifs is 1. The van der Waals surface area contributed by atoms with Crippen LogP contribution in [0.4, 0.5) is 0 Å². The predicted octanol–water partition coefficient (Wildman–Crippen LogP) is 1.17. The SMILES string of the molecule is COc1ccc2c(c1CCN1CCNCC1)COC2. The normalized spacial score (nSPS) is 19.4. The minimum atomic E-state index is 0.740.